The first kappa shape index (κ1) is 22.3. The second-order valence-corrected chi connectivity index (χ2v) is 8.46. The van der Waals surface area contributed by atoms with Gasteiger partial charge in [-0.2, -0.15) is 0 Å². The van der Waals surface area contributed by atoms with Crippen molar-refractivity contribution >= 4 is 17.5 Å². The summed E-state index contributed by atoms with van der Waals surface area (Å²) < 4.78 is 8.80. The Morgan fingerprint density at radius 2 is 1.81 bits per heavy atom. The molecule has 4 rings (SSSR count). The molecule has 3 heterocycles. The Morgan fingerprint density at radius 3 is 2.44 bits per heavy atom. The summed E-state index contributed by atoms with van der Waals surface area (Å²) in [7, 11) is 1.80. The number of piperazine rings is 1. The molecule has 2 amide bonds. The molecule has 0 radical (unpaired) electrons. The third-order valence-corrected chi connectivity index (χ3v) is 6.56. The second-order valence-electron chi connectivity index (χ2n) is 8.46. The van der Waals surface area contributed by atoms with Gasteiger partial charge in [0.25, 0.3) is 11.5 Å². The van der Waals surface area contributed by atoms with Crippen molar-refractivity contribution in [2.45, 2.75) is 38.8 Å². The van der Waals surface area contributed by atoms with Crippen molar-refractivity contribution in [2.24, 2.45) is 7.05 Å². The Bertz CT molecular complexity index is 1030. The number of carbonyl (C=O) groups is 2. The number of hydrogen-bond donors (Lipinski definition) is 1. The van der Waals surface area contributed by atoms with Crippen LogP contribution in [0.2, 0.25) is 0 Å². The van der Waals surface area contributed by atoms with Crippen molar-refractivity contribution < 1.29 is 14.3 Å². The number of nitrogens with one attached hydrogen (secondary N) is 1. The number of aromatic nitrogens is 2. The van der Waals surface area contributed by atoms with Crippen LogP contribution in [0.4, 0.5) is 5.69 Å². The minimum atomic E-state index is -0.417. The van der Waals surface area contributed by atoms with Crippen LogP contribution in [0.5, 0.6) is 0 Å². The lowest BCUT2D eigenvalue weighted by Gasteiger charge is -2.38. The number of ether oxygens (including phenoxy) is 1. The number of rotatable bonds is 5. The Hall–Kier alpha value is -2.91. The van der Waals surface area contributed by atoms with Gasteiger partial charge in [-0.15, -0.1) is 0 Å². The van der Waals surface area contributed by atoms with Gasteiger partial charge in [0, 0.05) is 39.8 Å². The number of hydrogen-bond acceptors (Lipinski definition) is 5. The molecule has 2 atom stereocenters. The molecule has 1 aromatic heterocycles. The molecular weight excluding hydrogens is 410 g/mol. The molecule has 2 aliphatic rings. The molecule has 2 aromatic rings. The van der Waals surface area contributed by atoms with E-state index in [1.54, 1.807) is 16.4 Å². The Labute approximate surface area is 187 Å². The van der Waals surface area contributed by atoms with Gasteiger partial charge in [0.05, 0.1) is 17.4 Å². The van der Waals surface area contributed by atoms with Gasteiger partial charge >= 0.3 is 0 Å². The summed E-state index contributed by atoms with van der Waals surface area (Å²) in [6, 6.07) is 8.92. The van der Waals surface area contributed by atoms with E-state index in [0.29, 0.717) is 44.2 Å². The average molecular weight is 442 g/mol. The normalized spacial score (nSPS) is 20.3. The molecule has 2 aliphatic heterocycles. The number of carbonyl (C=O) groups excluding carboxylic acids is 2. The number of para-hydroxylation sites is 1. The lowest BCUT2D eigenvalue weighted by atomic mass is 10.1. The molecule has 0 spiro atoms. The number of amides is 2. The maximum Gasteiger partial charge on any atom is 0.295 e. The minimum absolute atomic E-state index is 0.0561. The minimum Gasteiger partial charge on any atom is -0.368 e. The number of benzene rings is 1. The third kappa shape index (κ3) is 4.22. The molecule has 0 aliphatic carbocycles. The van der Waals surface area contributed by atoms with Crippen LogP contribution >= 0.6 is 0 Å². The van der Waals surface area contributed by atoms with Crippen molar-refractivity contribution in [1.29, 1.82) is 0 Å². The van der Waals surface area contributed by atoms with E-state index in [-0.39, 0.29) is 23.5 Å². The molecular formula is C23H31N5O4. The predicted octanol–water partition coefficient (Wildman–Crippen LogP) is 1.13. The van der Waals surface area contributed by atoms with Crippen LogP contribution in [0.15, 0.2) is 35.1 Å². The van der Waals surface area contributed by atoms with Crippen LogP contribution in [-0.2, 0) is 21.4 Å². The van der Waals surface area contributed by atoms with E-state index in [0.717, 1.165) is 18.5 Å². The highest BCUT2D eigenvalue weighted by atomic mass is 16.5. The summed E-state index contributed by atoms with van der Waals surface area (Å²) >= 11 is 0. The largest absolute Gasteiger partial charge is 0.368 e. The smallest absolute Gasteiger partial charge is 0.295 e. The fourth-order valence-electron chi connectivity index (χ4n) is 4.41. The SMILES string of the molecule is Cc1c(NC(=O)C(C)N2CCN(C(=O)C3CCCO3)CC2)c(=O)n(-c2ccccc2)n1C. The standard InChI is InChI=1S/C23H31N5O4/c1-16-20(23(31)28(25(16)3)18-8-5-4-6-9-18)24-21(29)17(2)26-11-13-27(14-12-26)22(30)19-10-7-15-32-19/h4-6,8-9,17,19H,7,10-15H2,1-3H3,(H,24,29). The van der Waals surface area contributed by atoms with Crippen LogP contribution in [-0.4, -0.2) is 75.9 Å². The van der Waals surface area contributed by atoms with Crippen LogP contribution in [0.3, 0.4) is 0 Å². The van der Waals surface area contributed by atoms with Gasteiger partial charge in [-0.25, -0.2) is 4.68 Å². The van der Waals surface area contributed by atoms with Gasteiger partial charge in [0.15, 0.2) is 0 Å². The van der Waals surface area contributed by atoms with Gasteiger partial charge in [-0.3, -0.25) is 24.0 Å². The zero-order valence-corrected chi connectivity index (χ0v) is 18.9. The molecule has 9 heteroatoms. The van der Waals surface area contributed by atoms with E-state index in [1.165, 1.54) is 0 Å². The van der Waals surface area contributed by atoms with E-state index in [1.807, 2.05) is 54.0 Å². The maximum absolute atomic E-state index is 13.0. The highest BCUT2D eigenvalue weighted by molar-refractivity contribution is 5.95. The molecule has 2 saturated heterocycles. The fourth-order valence-corrected chi connectivity index (χ4v) is 4.41. The average Bonchev–Trinajstić information content (AvgIpc) is 3.42. The van der Waals surface area contributed by atoms with Gasteiger partial charge in [0.1, 0.15) is 11.8 Å². The zero-order valence-electron chi connectivity index (χ0n) is 18.9. The highest BCUT2D eigenvalue weighted by Crippen LogP contribution is 2.18. The third-order valence-electron chi connectivity index (χ3n) is 6.56. The summed E-state index contributed by atoms with van der Waals surface area (Å²) in [5.74, 6) is -0.171. The topological polar surface area (TPSA) is 88.8 Å². The highest BCUT2D eigenvalue weighted by Gasteiger charge is 2.33. The molecule has 2 unspecified atom stereocenters. The van der Waals surface area contributed by atoms with Gasteiger partial charge in [-0.05, 0) is 38.8 Å². The van der Waals surface area contributed by atoms with Gasteiger partial charge < -0.3 is 15.0 Å². The van der Waals surface area contributed by atoms with Gasteiger partial charge in [0.2, 0.25) is 5.91 Å². The van der Waals surface area contributed by atoms with Gasteiger partial charge in [-0.1, -0.05) is 18.2 Å². The molecule has 0 bridgehead atoms. The van der Waals surface area contributed by atoms with Crippen molar-refractivity contribution in [2.75, 3.05) is 38.1 Å². The molecule has 1 aromatic carbocycles. The Kier molecular flexibility index (Phi) is 6.48. The molecule has 32 heavy (non-hydrogen) atoms. The van der Waals surface area contributed by atoms with E-state index in [4.69, 9.17) is 4.74 Å². The monoisotopic (exact) mass is 441 g/mol. The van der Waals surface area contributed by atoms with Crippen molar-refractivity contribution in [3.05, 3.63) is 46.4 Å². The van der Waals surface area contributed by atoms with Crippen LogP contribution in [0.1, 0.15) is 25.5 Å². The predicted molar refractivity (Wildman–Crippen MR) is 121 cm³/mol. The summed E-state index contributed by atoms with van der Waals surface area (Å²) in [5, 5.41) is 2.85. The van der Waals surface area contributed by atoms with E-state index in [2.05, 4.69) is 5.32 Å². The number of anilines is 1. The second kappa shape index (κ2) is 9.30. The number of nitrogens with zero attached hydrogens (tertiary/aromatic N) is 4. The van der Waals surface area contributed by atoms with Crippen LogP contribution in [0.25, 0.3) is 5.69 Å². The zero-order chi connectivity index (χ0) is 22.8. The molecule has 9 nitrogen and oxygen atoms in total. The summed E-state index contributed by atoms with van der Waals surface area (Å²) in [4.78, 5) is 42.5. The first-order valence-corrected chi connectivity index (χ1v) is 11.2. The summed E-state index contributed by atoms with van der Waals surface area (Å²) in [6.45, 7) is 6.66. The van der Waals surface area contributed by atoms with Crippen molar-refractivity contribution in [1.82, 2.24) is 19.2 Å². The quantitative estimate of drug-likeness (QED) is 0.752. The Balaban J connectivity index is 1.40. The van der Waals surface area contributed by atoms with Crippen LogP contribution < -0.4 is 10.9 Å². The lowest BCUT2D eigenvalue weighted by molar-refractivity contribution is -0.143. The maximum atomic E-state index is 13.0. The lowest BCUT2D eigenvalue weighted by Crippen LogP contribution is -2.55. The Morgan fingerprint density at radius 1 is 1.12 bits per heavy atom. The van der Waals surface area contributed by atoms with Crippen LogP contribution in [0, 0.1) is 6.92 Å². The first-order chi connectivity index (χ1) is 15.4. The van der Waals surface area contributed by atoms with Crippen molar-refractivity contribution in [3.8, 4) is 5.69 Å². The molecule has 2 fully saturated rings. The fraction of sp³-hybridized carbons (Fsp3) is 0.522. The molecule has 0 saturated carbocycles. The summed E-state index contributed by atoms with van der Waals surface area (Å²) in [6.07, 6.45) is 1.41. The van der Waals surface area contributed by atoms with E-state index < -0.39 is 6.04 Å². The van der Waals surface area contributed by atoms with Crippen molar-refractivity contribution in [3.63, 3.8) is 0 Å². The molecule has 172 valence electrons. The van der Waals surface area contributed by atoms with E-state index in [9.17, 15) is 14.4 Å². The van der Waals surface area contributed by atoms with E-state index >= 15 is 0 Å². The summed E-state index contributed by atoms with van der Waals surface area (Å²) in [5.41, 5.74) is 1.46. The molecule has 1 N–H and O–H groups in total. The first-order valence-electron chi connectivity index (χ1n) is 11.2.